The molecule has 9 nitrogen and oxygen atoms in total. The van der Waals surface area contributed by atoms with E-state index < -0.39 is 40.6 Å². The number of nitriles is 1. The second-order valence-electron chi connectivity index (χ2n) is 7.13. The number of hydrogen-bond acceptors (Lipinski definition) is 7. The molecule has 4 rings (SSSR count). The van der Waals surface area contributed by atoms with Crippen molar-refractivity contribution in [2.75, 3.05) is 4.90 Å². The summed E-state index contributed by atoms with van der Waals surface area (Å²) >= 11 is 6.06. The molecule has 0 aliphatic carbocycles. The summed E-state index contributed by atoms with van der Waals surface area (Å²) in [6.45, 7) is 0. The number of aromatic nitrogens is 3. The van der Waals surface area contributed by atoms with Crippen LogP contribution in [0.1, 0.15) is 11.1 Å². The number of hydrogen-bond donors (Lipinski definition) is 0. The van der Waals surface area contributed by atoms with Gasteiger partial charge in [0.05, 0.1) is 16.8 Å². The Morgan fingerprint density at radius 2 is 1.49 bits per heavy atom. The van der Waals surface area contributed by atoms with Crippen molar-refractivity contribution in [1.29, 1.82) is 5.26 Å². The van der Waals surface area contributed by atoms with Gasteiger partial charge in [0.2, 0.25) is 0 Å². The molecule has 0 saturated carbocycles. The van der Waals surface area contributed by atoms with E-state index in [-0.39, 0.29) is 17.1 Å². The molecule has 186 valence electrons. The van der Waals surface area contributed by atoms with Crippen molar-refractivity contribution in [3.63, 3.8) is 0 Å². The molecule has 2 heterocycles. The Morgan fingerprint density at radius 3 is 1.95 bits per heavy atom. The van der Waals surface area contributed by atoms with Gasteiger partial charge in [0.25, 0.3) is 0 Å². The lowest BCUT2D eigenvalue weighted by Gasteiger charge is -2.21. The van der Waals surface area contributed by atoms with E-state index in [4.69, 9.17) is 21.1 Å². The maximum atomic E-state index is 13.2. The monoisotopic (exact) mass is 527 g/mol. The van der Waals surface area contributed by atoms with Crippen molar-refractivity contribution < 1.29 is 32.2 Å². The molecule has 13 heteroatoms. The van der Waals surface area contributed by atoms with E-state index in [1.165, 1.54) is 24.3 Å². The fourth-order valence-electron chi connectivity index (χ4n) is 3.05. The number of imide groups is 1. The summed E-state index contributed by atoms with van der Waals surface area (Å²) in [5.41, 5.74) is -1.47. The lowest BCUT2D eigenvalue weighted by Crippen LogP contribution is -2.42. The van der Waals surface area contributed by atoms with Gasteiger partial charge in [-0.25, -0.2) is 14.6 Å². The number of pyridine rings is 1. The predicted molar refractivity (Wildman–Crippen MR) is 123 cm³/mol. The molecule has 0 fully saturated rings. The summed E-state index contributed by atoms with van der Waals surface area (Å²) in [4.78, 5) is 30.5. The molecule has 0 spiro atoms. The van der Waals surface area contributed by atoms with Crippen LogP contribution in [0.25, 0.3) is 5.82 Å². The van der Waals surface area contributed by atoms with Crippen LogP contribution in [0.5, 0.6) is 11.5 Å². The summed E-state index contributed by atoms with van der Waals surface area (Å²) in [5, 5.41) is 13.1. The number of alkyl halides is 3. The van der Waals surface area contributed by atoms with Crippen molar-refractivity contribution in [1.82, 2.24) is 14.8 Å². The van der Waals surface area contributed by atoms with Gasteiger partial charge in [-0.3, -0.25) is 0 Å². The number of halogens is 4. The van der Waals surface area contributed by atoms with Crippen LogP contribution in [-0.4, -0.2) is 27.0 Å². The summed E-state index contributed by atoms with van der Waals surface area (Å²) in [7, 11) is 0. The highest BCUT2D eigenvalue weighted by atomic mass is 35.5. The van der Waals surface area contributed by atoms with Crippen LogP contribution in [0.15, 0.2) is 79.1 Å². The van der Waals surface area contributed by atoms with E-state index >= 15 is 0 Å². The van der Waals surface area contributed by atoms with Crippen molar-refractivity contribution in [2.24, 2.45) is 0 Å². The van der Waals surface area contributed by atoms with E-state index in [9.17, 15) is 28.0 Å². The Balaban J connectivity index is 1.83. The van der Waals surface area contributed by atoms with Crippen LogP contribution in [0.2, 0.25) is 5.02 Å². The molecular weight excluding hydrogens is 515 g/mol. The Morgan fingerprint density at radius 1 is 0.946 bits per heavy atom. The number of para-hydroxylation sites is 2. The summed E-state index contributed by atoms with van der Waals surface area (Å²) < 4.78 is 50.6. The maximum Gasteiger partial charge on any atom is 0.430 e. The Hall–Kier alpha value is -4.89. The van der Waals surface area contributed by atoms with E-state index in [1.54, 1.807) is 42.5 Å². The number of amides is 2. The normalized spacial score (nSPS) is 10.9. The number of rotatable bonds is 4. The maximum absolute atomic E-state index is 13.2. The quantitative estimate of drug-likeness (QED) is 0.319. The van der Waals surface area contributed by atoms with Crippen molar-refractivity contribution in [3.05, 3.63) is 95.3 Å². The van der Waals surface area contributed by atoms with Gasteiger partial charge in [-0.1, -0.05) is 48.0 Å². The largest absolute Gasteiger partial charge is 0.430 e. The highest BCUT2D eigenvalue weighted by Gasteiger charge is 2.36. The van der Waals surface area contributed by atoms with Gasteiger partial charge in [-0.2, -0.15) is 33.1 Å². The molecule has 0 radical (unpaired) electrons. The van der Waals surface area contributed by atoms with Gasteiger partial charge in [-0.05, 0) is 30.3 Å². The summed E-state index contributed by atoms with van der Waals surface area (Å²) in [6, 6.07) is 17.8. The highest BCUT2D eigenvalue weighted by Crippen LogP contribution is 2.34. The minimum atomic E-state index is -4.73. The van der Waals surface area contributed by atoms with Gasteiger partial charge < -0.3 is 9.47 Å². The number of benzene rings is 2. The van der Waals surface area contributed by atoms with Crippen LogP contribution >= 0.6 is 11.6 Å². The number of anilines is 1. The smallest absolute Gasteiger partial charge is 0.410 e. The Bertz CT molecular complexity index is 1430. The molecule has 0 aliphatic heterocycles. The van der Waals surface area contributed by atoms with E-state index in [0.29, 0.717) is 17.2 Å². The van der Waals surface area contributed by atoms with Crippen LogP contribution in [0, 0.1) is 11.3 Å². The Kier molecular flexibility index (Phi) is 7.08. The van der Waals surface area contributed by atoms with E-state index in [1.807, 2.05) is 0 Å². The lowest BCUT2D eigenvalue weighted by atomic mass is 10.2. The van der Waals surface area contributed by atoms with E-state index in [2.05, 4.69) is 10.1 Å². The lowest BCUT2D eigenvalue weighted by molar-refractivity contribution is -0.137. The molecule has 0 bridgehead atoms. The molecule has 0 N–H and O–H groups in total. The second-order valence-corrected chi connectivity index (χ2v) is 7.54. The fourth-order valence-corrected chi connectivity index (χ4v) is 3.30. The zero-order valence-electron chi connectivity index (χ0n) is 18.4. The van der Waals surface area contributed by atoms with Gasteiger partial charge in [0.15, 0.2) is 11.6 Å². The first-order valence-corrected chi connectivity index (χ1v) is 10.6. The first-order valence-electron chi connectivity index (χ1n) is 10.2. The van der Waals surface area contributed by atoms with Gasteiger partial charge in [0.1, 0.15) is 23.1 Å². The number of carbonyl (C=O) groups is 2. The first-order chi connectivity index (χ1) is 17.7. The third-order valence-electron chi connectivity index (χ3n) is 4.69. The molecule has 0 saturated heterocycles. The highest BCUT2D eigenvalue weighted by molar-refractivity contribution is 6.32. The third kappa shape index (κ3) is 5.52. The molecule has 0 unspecified atom stereocenters. The third-order valence-corrected chi connectivity index (χ3v) is 4.97. The average Bonchev–Trinajstić information content (AvgIpc) is 3.28. The molecular formula is C24H13ClF3N5O4. The Labute approximate surface area is 211 Å². The van der Waals surface area contributed by atoms with Crippen molar-refractivity contribution in [3.8, 4) is 23.4 Å². The standard InChI is InChI=1S/C24H13ClF3N5O4/c25-19-11-16(24(26,27)28)14-30-20(19)33-21(15(12-29)13-31-33)32(22(34)36-17-7-3-1-4-8-17)23(35)37-18-9-5-2-6-10-18/h1-11,13-14H. The minimum absolute atomic E-state index is 0.0558. The molecule has 2 aromatic carbocycles. The fraction of sp³-hybridized carbons (Fsp3) is 0.0417. The number of carbonyl (C=O) groups excluding carboxylic acids is 2. The molecule has 2 amide bonds. The van der Waals surface area contributed by atoms with Crippen LogP contribution in [0.4, 0.5) is 28.6 Å². The van der Waals surface area contributed by atoms with Crippen LogP contribution in [-0.2, 0) is 6.18 Å². The zero-order chi connectivity index (χ0) is 26.6. The second kappa shape index (κ2) is 10.4. The van der Waals surface area contributed by atoms with Gasteiger partial charge >= 0.3 is 18.4 Å². The first kappa shape index (κ1) is 25.2. The predicted octanol–water partition coefficient (Wildman–Crippen LogP) is 6.02. The molecule has 0 atom stereocenters. The molecule has 37 heavy (non-hydrogen) atoms. The minimum Gasteiger partial charge on any atom is -0.410 e. The van der Waals surface area contributed by atoms with Crippen LogP contribution < -0.4 is 14.4 Å². The van der Waals surface area contributed by atoms with E-state index in [0.717, 1.165) is 10.9 Å². The van der Waals surface area contributed by atoms with Gasteiger partial charge in [0, 0.05) is 6.20 Å². The van der Waals surface area contributed by atoms with Crippen molar-refractivity contribution in [2.45, 2.75) is 6.18 Å². The SMILES string of the molecule is N#Cc1cnn(-c2ncc(C(F)(F)F)cc2Cl)c1N(C(=O)Oc1ccccc1)C(=O)Oc1ccccc1. The van der Waals surface area contributed by atoms with Gasteiger partial charge in [-0.15, -0.1) is 0 Å². The van der Waals surface area contributed by atoms with Crippen molar-refractivity contribution >= 4 is 29.6 Å². The molecule has 2 aromatic heterocycles. The zero-order valence-corrected chi connectivity index (χ0v) is 19.1. The number of nitrogens with zero attached hydrogens (tertiary/aromatic N) is 5. The average molecular weight is 528 g/mol. The molecule has 4 aromatic rings. The number of ether oxygens (including phenoxy) is 2. The topological polar surface area (TPSA) is 110 Å². The summed E-state index contributed by atoms with van der Waals surface area (Å²) in [5.74, 6) is -0.796. The molecule has 0 aliphatic rings. The van der Waals surface area contributed by atoms with Crippen LogP contribution in [0.3, 0.4) is 0 Å². The summed E-state index contributed by atoms with van der Waals surface area (Å²) in [6.07, 6.45) is -5.86.